The molecule has 19 heavy (non-hydrogen) atoms. The molecule has 0 amide bonds. The molecule has 0 saturated carbocycles. The molecule has 0 spiro atoms. The Balaban J connectivity index is 0.000000200. The Morgan fingerprint density at radius 2 is 1.42 bits per heavy atom. The SMILES string of the molecule is Cc1ccc(C)cc1.O=S([O-])ONc1ccccc1. The van der Waals surface area contributed by atoms with Gasteiger partial charge in [-0.15, -0.1) is 0 Å². The summed E-state index contributed by atoms with van der Waals surface area (Å²) in [6.07, 6.45) is 0. The fourth-order valence-electron chi connectivity index (χ4n) is 1.23. The summed E-state index contributed by atoms with van der Waals surface area (Å²) in [6, 6.07) is 17.2. The molecule has 0 saturated heterocycles. The Bertz CT molecular complexity index is 479. The topological polar surface area (TPSA) is 61.4 Å². The van der Waals surface area contributed by atoms with Crippen molar-refractivity contribution < 1.29 is 13.0 Å². The van der Waals surface area contributed by atoms with Gasteiger partial charge in [-0.1, -0.05) is 53.6 Å². The molecule has 0 heterocycles. The molecule has 0 aliphatic carbocycles. The highest BCUT2D eigenvalue weighted by molar-refractivity contribution is 7.74. The van der Waals surface area contributed by atoms with E-state index in [1.165, 1.54) is 11.1 Å². The number of para-hydroxylation sites is 1. The van der Waals surface area contributed by atoms with E-state index in [2.05, 4.69) is 47.9 Å². The number of rotatable bonds is 3. The Labute approximate surface area is 115 Å². The molecule has 1 unspecified atom stereocenters. The van der Waals surface area contributed by atoms with E-state index in [1.807, 2.05) is 6.07 Å². The quantitative estimate of drug-likeness (QED) is 0.692. The number of hydrogen-bond acceptors (Lipinski definition) is 4. The van der Waals surface area contributed by atoms with Gasteiger partial charge in [-0.3, -0.25) is 5.48 Å². The summed E-state index contributed by atoms with van der Waals surface area (Å²) in [4.78, 5) is 0. The molecule has 0 aromatic heterocycles. The first kappa shape index (κ1) is 15.4. The van der Waals surface area contributed by atoms with E-state index in [-0.39, 0.29) is 0 Å². The van der Waals surface area contributed by atoms with Gasteiger partial charge in [0, 0.05) is 0 Å². The fourth-order valence-corrected chi connectivity index (χ4v) is 1.39. The van der Waals surface area contributed by atoms with Crippen LogP contribution < -0.4 is 5.48 Å². The highest BCUT2D eigenvalue weighted by atomic mass is 32.2. The van der Waals surface area contributed by atoms with Crippen LogP contribution in [0.5, 0.6) is 0 Å². The summed E-state index contributed by atoms with van der Waals surface area (Å²) in [7, 11) is 0. The van der Waals surface area contributed by atoms with Crippen molar-refractivity contribution in [3.8, 4) is 0 Å². The average Bonchev–Trinajstić information content (AvgIpc) is 2.42. The summed E-state index contributed by atoms with van der Waals surface area (Å²) in [6.45, 7) is 4.19. The first-order chi connectivity index (χ1) is 9.08. The number of benzene rings is 2. The van der Waals surface area contributed by atoms with Crippen LogP contribution in [-0.2, 0) is 15.6 Å². The molecule has 2 aromatic carbocycles. The zero-order chi connectivity index (χ0) is 14.1. The van der Waals surface area contributed by atoms with Crippen molar-refractivity contribution in [2.24, 2.45) is 0 Å². The van der Waals surface area contributed by atoms with Crippen LogP contribution in [0.3, 0.4) is 0 Å². The Hall–Kier alpha value is -1.69. The summed E-state index contributed by atoms with van der Waals surface area (Å²) in [5.74, 6) is 0. The number of nitrogens with one attached hydrogen (secondary N) is 1. The van der Waals surface area contributed by atoms with Crippen LogP contribution in [0, 0.1) is 13.8 Å². The maximum absolute atomic E-state index is 9.89. The second-order valence-electron chi connectivity index (χ2n) is 3.91. The predicted octanol–water partition coefficient (Wildman–Crippen LogP) is 3.13. The van der Waals surface area contributed by atoms with Crippen molar-refractivity contribution in [3.05, 3.63) is 65.7 Å². The van der Waals surface area contributed by atoms with Crippen molar-refractivity contribution in [3.63, 3.8) is 0 Å². The van der Waals surface area contributed by atoms with E-state index < -0.39 is 11.4 Å². The molecular weight excluding hydrogens is 262 g/mol. The minimum Gasteiger partial charge on any atom is -0.748 e. The van der Waals surface area contributed by atoms with Gasteiger partial charge < -0.3 is 4.55 Å². The van der Waals surface area contributed by atoms with Crippen LogP contribution in [0.15, 0.2) is 54.6 Å². The van der Waals surface area contributed by atoms with E-state index in [4.69, 9.17) is 0 Å². The third-order valence-electron chi connectivity index (χ3n) is 2.22. The van der Waals surface area contributed by atoms with E-state index in [0.717, 1.165) is 0 Å². The lowest BCUT2D eigenvalue weighted by molar-refractivity contribution is 0.363. The Kier molecular flexibility index (Phi) is 6.81. The third kappa shape index (κ3) is 7.35. The summed E-state index contributed by atoms with van der Waals surface area (Å²) < 4.78 is 23.9. The zero-order valence-corrected chi connectivity index (χ0v) is 11.6. The summed E-state index contributed by atoms with van der Waals surface area (Å²) in [5, 5.41) is 0. The van der Waals surface area contributed by atoms with Gasteiger partial charge >= 0.3 is 0 Å². The Morgan fingerprint density at radius 3 is 1.84 bits per heavy atom. The molecule has 0 fully saturated rings. The van der Waals surface area contributed by atoms with Crippen LogP contribution in [0.2, 0.25) is 0 Å². The molecule has 0 aliphatic rings. The van der Waals surface area contributed by atoms with E-state index >= 15 is 0 Å². The van der Waals surface area contributed by atoms with Gasteiger partial charge in [-0.05, 0) is 26.0 Å². The van der Waals surface area contributed by atoms with Crippen LogP contribution >= 0.6 is 0 Å². The molecule has 0 radical (unpaired) electrons. The zero-order valence-electron chi connectivity index (χ0n) is 10.8. The molecule has 5 heteroatoms. The van der Waals surface area contributed by atoms with Crippen LogP contribution in [0.1, 0.15) is 11.1 Å². The standard InChI is InChI=1S/C8H10.C6H7NO3S/c1-7-3-5-8(2)6-4-7;8-11(9)10-7-6-4-2-1-3-5-6/h3-6H,1-2H3;1-5,7H,(H,8,9)/p-1. The van der Waals surface area contributed by atoms with Crippen LogP contribution in [0.4, 0.5) is 5.69 Å². The summed E-state index contributed by atoms with van der Waals surface area (Å²) in [5.41, 5.74) is 5.48. The monoisotopic (exact) mass is 278 g/mol. The summed E-state index contributed by atoms with van der Waals surface area (Å²) >= 11 is -2.53. The van der Waals surface area contributed by atoms with Gasteiger partial charge in [0.15, 0.2) is 0 Å². The van der Waals surface area contributed by atoms with Crippen molar-refractivity contribution in [1.29, 1.82) is 0 Å². The first-order valence-corrected chi connectivity index (χ1v) is 6.69. The van der Waals surface area contributed by atoms with E-state index in [1.54, 1.807) is 24.3 Å². The molecule has 102 valence electrons. The second-order valence-corrected chi connectivity index (χ2v) is 4.49. The normalized spacial score (nSPS) is 11.1. The maximum atomic E-state index is 9.89. The molecule has 2 aromatic rings. The van der Waals surface area contributed by atoms with Crippen LogP contribution in [-0.4, -0.2) is 8.76 Å². The molecule has 2 rings (SSSR count). The van der Waals surface area contributed by atoms with Gasteiger partial charge in [0.25, 0.3) is 0 Å². The van der Waals surface area contributed by atoms with E-state index in [9.17, 15) is 8.76 Å². The predicted molar refractivity (Wildman–Crippen MR) is 76.0 cm³/mol. The van der Waals surface area contributed by atoms with Gasteiger partial charge in [0.1, 0.15) is 11.4 Å². The molecule has 1 atom stereocenters. The maximum Gasteiger partial charge on any atom is 0.112 e. The molecule has 0 bridgehead atoms. The van der Waals surface area contributed by atoms with Gasteiger partial charge in [-0.2, -0.15) is 4.28 Å². The highest BCUT2D eigenvalue weighted by Crippen LogP contribution is 2.04. The smallest absolute Gasteiger partial charge is 0.112 e. The number of aryl methyl sites for hydroxylation is 2. The third-order valence-corrected chi connectivity index (χ3v) is 2.44. The van der Waals surface area contributed by atoms with Gasteiger partial charge in [-0.25, -0.2) is 4.21 Å². The molecular formula is C14H16NO3S-. The first-order valence-electron chi connectivity index (χ1n) is 5.69. The second kappa shape index (κ2) is 8.42. The molecule has 0 aliphatic heterocycles. The molecule has 4 nitrogen and oxygen atoms in total. The minimum absolute atomic E-state index is 0.594. The minimum atomic E-state index is -2.53. The van der Waals surface area contributed by atoms with Crippen molar-refractivity contribution >= 4 is 17.0 Å². The lowest BCUT2D eigenvalue weighted by Gasteiger charge is -2.06. The van der Waals surface area contributed by atoms with E-state index in [0.29, 0.717) is 5.69 Å². The number of anilines is 1. The highest BCUT2D eigenvalue weighted by Gasteiger charge is 1.86. The van der Waals surface area contributed by atoms with Crippen LogP contribution in [0.25, 0.3) is 0 Å². The number of hydrogen-bond donors (Lipinski definition) is 1. The largest absolute Gasteiger partial charge is 0.748 e. The molecule has 1 N–H and O–H groups in total. The van der Waals surface area contributed by atoms with Gasteiger partial charge in [0.2, 0.25) is 0 Å². The fraction of sp³-hybridized carbons (Fsp3) is 0.143. The van der Waals surface area contributed by atoms with Gasteiger partial charge in [0.05, 0.1) is 5.69 Å². The lowest BCUT2D eigenvalue weighted by atomic mass is 10.2. The lowest BCUT2D eigenvalue weighted by Crippen LogP contribution is -2.02. The van der Waals surface area contributed by atoms with Crippen molar-refractivity contribution in [2.45, 2.75) is 13.8 Å². The Morgan fingerprint density at radius 1 is 0.947 bits per heavy atom. The van der Waals surface area contributed by atoms with Crippen molar-refractivity contribution in [1.82, 2.24) is 0 Å². The average molecular weight is 278 g/mol. The van der Waals surface area contributed by atoms with Crippen molar-refractivity contribution in [2.75, 3.05) is 5.48 Å².